The van der Waals surface area contributed by atoms with Crippen molar-refractivity contribution in [3.8, 4) is 0 Å². The van der Waals surface area contributed by atoms with Crippen LogP contribution in [-0.2, 0) is 4.79 Å². The van der Waals surface area contributed by atoms with E-state index in [1.165, 1.54) is 0 Å². The number of alkyl halides is 2. The summed E-state index contributed by atoms with van der Waals surface area (Å²) in [6.07, 6.45) is 0. The number of hydrogen-bond acceptors (Lipinski definition) is 1. The first-order chi connectivity index (χ1) is 7.78. The third-order valence-corrected chi connectivity index (χ3v) is 4.01. The topological polar surface area (TPSA) is 37.3 Å². The predicted octanol–water partition coefficient (Wildman–Crippen LogP) is 3.59. The fourth-order valence-corrected chi connectivity index (χ4v) is 2.77. The van der Waals surface area contributed by atoms with Gasteiger partial charge in [-0.3, -0.25) is 4.79 Å². The largest absolute Gasteiger partial charge is 0.481 e. The van der Waals surface area contributed by atoms with Gasteiger partial charge in [0, 0.05) is 5.92 Å². The molecule has 2 nitrogen and oxygen atoms in total. The number of rotatable bonds is 2. The van der Waals surface area contributed by atoms with Crippen LogP contribution in [0.4, 0.5) is 8.78 Å². The molecule has 0 saturated heterocycles. The smallest absolute Gasteiger partial charge is 0.310 e. The maximum absolute atomic E-state index is 13.7. The van der Waals surface area contributed by atoms with Crippen molar-refractivity contribution in [1.82, 2.24) is 0 Å². The summed E-state index contributed by atoms with van der Waals surface area (Å²) in [6, 6.07) is 2.05. The molecule has 7 heteroatoms. The van der Waals surface area contributed by atoms with Crippen LogP contribution in [0.2, 0.25) is 5.02 Å². The highest BCUT2D eigenvalue weighted by molar-refractivity contribution is 6.53. The number of halogens is 5. The molecule has 2 rings (SSSR count). The molecule has 2 unspecified atom stereocenters. The van der Waals surface area contributed by atoms with E-state index in [0.29, 0.717) is 0 Å². The Morgan fingerprint density at radius 3 is 2.41 bits per heavy atom. The lowest BCUT2D eigenvalue weighted by molar-refractivity contribution is -0.138. The summed E-state index contributed by atoms with van der Waals surface area (Å²) in [7, 11) is 0. The van der Waals surface area contributed by atoms with Crippen molar-refractivity contribution in [3.05, 3.63) is 34.4 Å². The van der Waals surface area contributed by atoms with Gasteiger partial charge >= 0.3 is 5.97 Å². The number of carbonyl (C=O) groups is 1. The molecule has 0 amide bonds. The Balaban J connectivity index is 2.44. The molecular weight excluding hydrogens is 296 g/mol. The Morgan fingerprint density at radius 2 is 1.94 bits per heavy atom. The van der Waals surface area contributed by atoms with E-state index in [-0.39, 0.29) is 5.56 Å². The third-order valence-electron chi connectivity index (χ3n) is 2.72. The molecule has 1 aliphatic rings. The molecule has 0 aliphatic heterocycles. The third kappa shape index (κ3) is 1.88. The summed E-state index contributed by atoms with van der Waals surface area (Å²) in [4.78, 5) is 10.8. The van der Waals surface area contributed by atoms with Crippen LogP contribution >= 0.6 is 34.8 Å². The van der Waals surface area contributed by atoms with Gasteiger partial charge in [0.25, 0.3) is 0 Å². The summed E-state index contributed by atoms with van der Waals surface area (Å²) in [6.45, 7) is 0. The second-order valence-corrected chi connectivity index (χ2v) is 5.55. The SMILES string of the molecule is O=C(O)C1C(c2ccc(F)c(Cl)c2F)C1(Cl)Cl. The fraction of sp³-hybridized carbons (Fsp3) is 0.300. The van der Waals surface area contributed by atoms with E-state index in [1.807, 2.05) is 0 Å². The molecule has 1 aromatic carbocycles. The Kier molecular flexibility index (Phi) is 3.00. The predicted molar refractivity (Wildman–Crippen MR) is 59.7 cm³/mol. The number of hydrogen-bond donors (Lipinski definition) is 1. The summed E-state index contributed by atoms with van der Waals surface area (Å²) in [5.74, 6) is -5.23. The molecule has 0 radical (unpaired) electrons. The lowest BCUT2D eigenvalue weighted by atomic mass is 10.1. The van der Waals surface area contributed by atoms with E-state index in [2.05, 4.69) is 0 Å². The Morgan fingerprint density at radius 1 is 1.35 bits per heavy atom. The first-order valence-electron chi connectivity index (χ1n) is 4.52. The van der Waals surface area contributed by atoms with Crippen LogP contribution in [0.25, 0.3) is 0 Å². The zero-order valence-corrected chi connectivity index (χ0v) is 10.3. The molecule has 0 aromatic heterocycles. The van der Waals surface area contributed by atoms with Gasteiger partial charge in [-0.25, -0.2) is 8.78 Å². The number of aliphatic carboxylic acids is 1. The minimum absolute atomic E-state index is 0.0891. The maximum atomic E-state index is 13.7. The first kappa shape index (κ1) is 12.9. The Hall–Kier alpha value is -0.580. The second-order valence-electron chi connectivity index (χ2n) is 3.73. The Bertz CT molecular complexity index is 505. The number of carboxylic acids is 1. The highest BCUT2D eigenvalue weighted by Crippen LogP contribution is 2.65. The summed E-state index contributed by atoms with van der Waals surface area (Å²) >= 11 is 16.9. The van der Waals surface area contributed by atoms with Crippen LogP contribution < -0.4 is 0 Å². The minimum atomic E-state index is -1.59. The number of benzene rings is 1. The van der Waals surface area contributed by atoms with Crippen LogP contribution in [0.1, 0.15) is 11.5 Å². The van der Waals surface area contributed by atoms with Gasteiger partial charge in [0.15, 0.2) is 0 Å². The van der Waals surface area contributed by atoms with Crippen molar-refractivity contribution in [2.75, 3.05) is 0 Å². The molecule has 0 bridgehead atoms. The molecule has 17 heavy (non-hydrogen) atoms. The minimum Gasteiger partial charge on any atom is -0.481 e. The van der Waals surface area contributed by atoms with E-state index in [4.69, 9.17) is 39.9 Å². The molecule has 1 aromatic rings. The average Bonchev–Trinajstić information content (AvgIpc) is 2.78. The molecule has 2 atom stereocenters. The Labute approximate surface area is 110 Å². The second kappa shape index (κ2) is 3.97. The lowest BCUT2D eigenvalue weighted by Crippen LogP contribution is -2.03. The summed E-state index contributed by atoms with van der Waals surface area (Å²) in [5.41, 5.74) is -0.0891. The van der Waals surface area contributed by atoms with Crippen LogP contribution in [0.15, 0.2) is 12.1 Å². The zero-order valence-electron chi connectivity index (χ0n) is 8.05. The summed E-state index contributed by atoms with van der Waals surface area (Å²) < 4.78 is 25.0. The molecule has 92 valence electrons. The van der Waals surface area contributed by atoms with Crippen molar-refractivity contribution < 1.29 is 18.7 Å². The van der Waals surface area contributed by atoms with Crippen LogP contribution in [-0.4, -0.2) is 15.4 Å². The van der Waals surface area contributed by atoms with E-state index >= 15 is 0 Å². The van der Waals surface area contributed by atoms with Gasteiger partial charge in [-0.1, -0.05) is 40.9 Å². The van der Waals surface area contributed by atoms with Crippen molar-refractivity contribution >= 4 is 40.8 Å². The highest BCUT2D eigenvalue weighted by atomic mass is 35.5. The fourth-order valence-electron chi connectivity index (χ4n) is 1.80. The van der Waals surface area contributed by atoms with Crippen molar-refractivity contribution in [1.29, 1.82) is 0 Å². The molecule has 1 fully saturated rings. The van der Waals surface area contributed by atoms with E-state index in [0.717, 1.165) is 12.1 Å². The molecule has 1 aliphatic carbocycles. The van der Waals surface area contributed by atoms with Gasteiger partial charge in [-0.2, -0.15) is 0 Å². The lowest BCUT2D eigenvalue weighted by Gasteiger charge is -2.04. The van der Waals surface area contributed by atoms with Gasteiger partial charge in [0.05, 0.1) is 0 Å². The van der Waals surface area contributed by atoms with Crippen molar-refractivity contribution in [2.45, 2.75) is 10.3 Å². The monoisotopic (exact) mass is 300 g/mol. The molecule has 0 spiro atoms. The highest BCUT2D eigenvalue weighted by Gasteiger charge is 2.68. The number of carboxylic acid groups (broad SMARTS) is 1. The van der Waals surface area contributed by atoms with Crippen LogP contribution in [0.5, 0.6) is 0 Å². The van der Waals surface area contributed by atoms with E-state index in [9.17, 15) is 13.6 Å². The first-order valence-corrected chi connectivity index (χ1v) is 5.66. The van der Waals surface area contributed by atoms with Gasteiger partial charge < -0.3 is 5.11 Å². The van der Waals surface area contributed by atoms with Gasteiger partial charge in [-0.15, -0.1) is 0 Å². The summed E-state index contributed by atoms with van der Waals surface area (Å²) in [5, 5.41) is 8.15. The van der Waals surface area contributed by atoms with Crippen LogP contribution in [0.3, 0.4) is 0 Å². The van der Waals surface area contributed by atoms with Crippen molar-refractivity contribution in [3.63, 3.8) is 0 Å². The average molecular weight is 302 g/mol. The van der Waals surface area contributed by atoms with E-state index < -0.39 is 38.8 Å². The standard InChI is InChI=1S/C10H5Cl3F2O2/c11-7-4(14)2-1-3(8(7)15)5-6(9(16)17)10(5,12)13/h1-2,5-6H,(H,16,17). The van der Waals surface area contributed by atoms with Gasteiger partial charge in [0.1, 0.15) is 26.9 Å². The zero-order chi connectivity index (χ0) is 13.0. The van der Waals surface area contributed by atoms with E-state index in [1.54, 1.807) is 0 Å². The molecule has 1 N–H and O–H groups in total. The quantitative estimate of drug-likeness (QED) is 0.669. The molecular formula is C10H5Cl3F2O2. The maximum Gasteiger partial charge on any atom is 0.310 e. The molecule has 0 heterocycles. The normalized spacial score (nSPS) is 25.7. The van der Waals surface area contributed by atoms with Crippen LogP contribution in [0, 0.1) is 17.6 Å². The van der Waals surface area contributed by atoms with Crippen molar-refractivity contribution in [2.24, 2.45) is 5.92 Å². The molecule has 1 saturated carbocycles. The van der Waals surface area contributed by atoms with Gasteiger partial charge in [0.2, 0.25) is 0 Å². The van der Waals surface area contributed by atoms with Gasteiger partial charge in [-0.05, 0) is 11.6 Å².